The van der Waals surface area contributed by atoms with Gasteiger partial charge in [0.1, 0.15) is 5.75 Å². The van der Waals surface area contributed by atoms with E-state index < -0.39 is 0 Å². The van der Waals surface area contributed by atoms with Gasteiger partial charge in [-0.25, -0.2) is 0 Å². The largest absolute Gasteiger partial charge is 0.506 e. The number of thioether (sulfide) groups is 1. The summed E-state index contributed by atoms with van der Waals surface area (Å²) in [6, 6.07) is 3.68. The summed E-state index contributed by atoms with van der Waals surface area (Å²) in [4.78, 5) is 11.7. The van der Waals surface area contributed by atoms with E-state index in [4.69, 9.17) is 0 Å². The maximum absolute atomic E-state index is 10.7. The minimum absolute atomic E-state index is 0.0998. The second-order valence-corrected chi connectivity index (χ2v) is 4.56. The average molecular weight is 224 g/mol. The van der Waals surface area contributed by atoms with Gasteiger partial charge in [-0.05, 0) is 23.8 Å². The van der Waals surface area contributed by atoms with E-state index in [1.54, 1.807) is 17.8 Å². The molecule has 72 valence electrons. The molecule has 0 atom stereocenters. The number of aldehydes is 1. The fraction of sp³-hybridized carbons (Fsp3) is 0.100. The van der Waals surface area contributed by atoms with Crippen LogP contribution in [0.5, 0.6) is 5.75 Å². The third kappa shape index (κ3) is 1.31. The van der Waals surface area contributed by atoms with Crippen LogP contribution in [0.4, 0.5) is 0 Å². The molecular formula is C10H8O2S2. The van der Waals surface area contributed by atoms with Gasteiger partial charge >= 0.3 is 0 Å². The topological polar surface area (TPSA) is 37.3 Å². The lowest BCUT2D eigenvalue weighted by atomic mass is 10.1. The smallest absolute Gasteiger partial charge is 0.153 e. The fourth-order valence-corrected chi connectivity index (χ4v) is 2.94. The van der Waals surface area contributed by atoms with E-state index in [0.29, 0.717) is 11.8 Å². The number of benzene rings is 1. The van der Waals surface area contributed by atoms with Crippen molar-refractivity contribution < 1.29 is 9.90 Å². The van der Waals surface area contributed by atoms with E-state index in [0.717, 1.165) is 15.0 Å². The van der Waals surface area contributed by atoms with Crippen LogP contribution in [0.25, 0.3) is 10.1 Å². The molecule has 0 spiro atoms. The van der Waals surface area contributed by atoms with Gasteiger partial charge in [-0.2, -0.15) is 0 Å². The summed E-state index contributed by atoms with van der Waals surface area (Å²) in [5.41, 5.74) is 0.365. The van der Waals surface area contributed by atoms with Gasteiger partial charge in [0.25, 0.3) is 0 Å². The van der Waals surface area contributed by atoms with Crippen molar-refractivity contribution in [3.63, 3.8) is 0 Å². The highest BCUT2D eigenvalue weighted by Crippen LogP contribution is 2.38. The Balaban J connectivity index is 2.86. The first-order chi connectivity index (χ1) is 6.77. The van der Waals surface area contributed by atoms with E-state index in [1.807, 2.05) is 17.7 Å². The number of hydrogen-bond donors (Lipinski definition) is 1. The Morgan fingerprint density at radius 2 is 2.36 bits per heavy atom. The summed E-state index contributed by atoms with van der Waals surface area (Å²) in [7, 11) is 0. The van der Waals surface area contributed by atoms with Gasteiger partial charge in [-0.3, -0.25) is 4.79 Å². The SMILES string of the molecule is CSc1cc(C=O)c(O)c2sccc12. The summed E-state index contributed by atoms with van der Waals surface area (Å²) in [6.07, 6.45) is 2.65. The van der Waals surface area contributed by atoms with Crippen LogP contribution in [0.3, 0.4) is 0 Å². The molecule has 2 nitrogen and oxygen atoms in total. The molecule has 0 aliphatic rings. The highest BCUT2D eigenvalue weighted by molar-refractivity contribution is 7.98. The van der Waals surface area contributed by atoms with Crippen molar-refractivity contribution in [1.29, 1.82) is 0 Å². The summed E-state index contributed by atoms with van der Waals surface area (Å²) in [5, 5.41) is 12.7. The zero-order chi connectivity index (χ0) is 10.1. The maximum Gasteiger partial charge on any atom is 0.153 e. The quantitative estimate of drug-likeness (QED) is 0.629. The number of carbonyl (C=O) groups excluding carboxylic acids is 1. The highest BCUT2D eigenvalue weighted by Gasteiger charge is 2.11. The van der Waals surface area contributed by atoms with Crippen LogP contribution in [0, 0.1) is 0 Å². The molecule has 0 saturated carbocycles. The lowest BCUT2D eigenvalue weighted by Crippen LogP contribution is -1.83. The molecular weight excluding hydrogens is 216 g/mol. The van der Waals surface area contributed by atoms with Crippen LogP contribution in [0.15, 0.2) is 22.4 Å². The van der Waals surface area contributed by atoms with E-state index >= 15 is 0 Å². The molecule has 1 aromatic carbocycles. The van der Waals surface area contributed by atoms with Crippen molar-refractivity contribution >= 4 is 39.5 Å². The Kier molecular flexibility index (Phi) is 2.48. The van der Waals surface area contributed by atoms with Crippen LogP contribution in [-0.2, 0) is 0 Å². The molecule has 1 heterocycles. The Labute approximate surface area is 89.6 Å². The van der Waals surface area contributed by atoms with Crippen LogP contribution in [0.2, 0.25) is 0 Å². The van der Waals surface area contributed by atoms with Gasteiger partial charge in [-0.15, -0.1) is 23.1 Å². The maximum atomic E-state index is 10.7. The Morgan fingerprint density at radius 1 is 1.57 bits per heavy atom. The minimum Gasteiger partial charge on any atom is -0.506 e. The van der Waals surface area contributed by atoms with Gasteiger partial charge in [0, 0.05) is 10.3 Å². The minimum atomic E-state index is 0.0998. The van der Waals surface area contributed by atoms with E-state index in [-0.39, 0.29) is 5.75 Å². The Bertz CT molecular complexity index is 488. The van der Waals surface area contributed by atoms with Crippen molar-refractivity contribution in [2.45, 2.75) is 4.90 Å². The van der Waals surface area contributed by atoms with Gasteiger partial charge in [0.05, 0.1) is 10.3 Å². The zero-order valence-electron chi connectivity index (χ0n) is 7.48. The number of phenols is 1. The second-order valence-electron chi connectivity index (χ2n) is 2.80. The second kappa shape index (κ2) is 3.63. The molecule has 0 fully saturated rings. The zero-order valence-corrected chi connectivity index (χ0v) is 9.11. The van der Waals surface area contributed by atoms with Gasteiger partial charge in [0.15, 0.2) is 6.29 Å². The van der Waals surface area contributed by atoms with Crippen molar-refractivity contribution in [3.8, 4) is 5.75 Å². The molecule has 0 aliphatic carbocycles. The van der Waals surface area contributed by atoms with Crippen molar-refractivity contribution in [1.82, 2.24) is 0 Å². The standard InChI is InChI=1S/C10H8O2S2/c1-13-8-4-6(5-11)9(12)10-7(8)2-3-14-10/h2-5,12H,1H3. The predicted octanol–water partition coefficient (Wildman–Crippen LogP) is 3.14. The normalized spacial score (nSPS) is 10.6. The van der Waals surface area contributed by atoms with Crippen LogP contribution in [0.1, 0.15) is 10.4 Å². The number of thiophene rings is 1. The first kappa shape index (κ1) is 9.55. The van der Waals surface area contributed by atoms with Gasteiger partial charge < -0.3 is 5.11 Å². The van der Waals surface area contributed by atoms with E-state index in [1.165, 1.54) is 11.3 Å². The molecule has 2 rings (SSSR count). The van der Waals surface area contributed by atoms with E-state index in [2.05, 4.69) is 0 Å². The van der Waals surface area contributed by atoms with Crippen LogP contribution < -0.4 is 0 Å². The lowest BCUT2D eigenvalue weighted by molar-refractivity contribution is 0.112. The molecule has 2 aromatic rings. The van der Waals surface area contributed by atoms with Gasteiger partial charge in [0.2, 0.25) is 0 Å². The number of hydrogen-bond acceptors (Lipinski definition) is 4. The monoisotopic (exact) mass is 224 g/mol. The van der Waals surface area contributed by atoms with Gasteiger partial charge in [-0.1, -0.05) is 0 Å². The fourth-order valence-electron chi connectivity index (χ4n) is 1.36. The Morgan fingerprint density at radius 3 is 3.00 bits per heavy atom. The molecule has 1 N–H and O–H groups in total. The number of aromatic hydroxyl groups is 1. The van der Waals surface area contributed by atoms with Crippen LogP contribution in [-0.4, -0.2) is 17.6 Å². The molecule has 0 aliphatic heterocycles. The molecule has 0 amide bonds. The Hall–Kier alpha value is -1.00. The number of carbonyl (C=O) groups is 1. The third-order valence-electron chi connectivity index (χ3n) is 2.05. The molecule has 0 saturated heterocycles. The van der Waals surface area contributed by atoms with Crippen molar-refractivity contribution in [3.05, 3.63) is 23.1 Å². The first-order valence-corrected chi connectivity index (χ1v) is 6.10. The summed E-state index contributed by atoms with van der Waals surface area (Å²) < 4.78 is 0.791. The van der Waals surface area contributed by atoms with Crippen LogP contribution >= 0.6 is 23.1 Å². The summed E-state index contributed by atoms with van der Waals surface area (Å²) >= 11 is 3.03. The first-order valence-electron chi connectivity index (χ1n) is 4.00. The average Bonchev–Trinajstić information content (AvgIpc) is 2.68. The summed E-state index contributed by atoms with van der Waals surface area (Å²) in [5.74, 6) is 0.0998. The lowest BCUT2D eigenvalue weighted by Gasteiger charge is -2.03. The third-order valence-corrected chi connectivity index (χ3v) is 3.75. The molecule has 1 aromatic heterocycles. The predicted molar refractivity (Wildman–Crippen MR) is 60.7 cm³/mol. The number of fused-ring (bicyclic) bond motifs is 1. The molecule has 0 radical (unpaired) electrons. The molecule has 14 heavy (non-hydrogen) atoms. The highest BCUT2D eigenvalue weighted by atomic mass is 32.2. The molecule has 0 unspecified atom stereocenters. The van der Waals surface area contributed by atoms with Crippen molar-refractivity contribution in [2.24, 2.45) is 0 Å². The molecule has 0 bridgehead atoms. The van der Waals surface area contributed by atoms with E-state index in [9.17, 15) is 9.90 Å². The molecule has 4 heteroatoms. The number of phenolic OH excluding ortho intramolecular Hbond substituents is 1. The summed E-state index contributed by atoms with van der Waals surface area (Å²) in [6.45, 7) is 0. The number of rotatable bonds is 2. The van der Waals surface area contributed by atoms with Crippen molar-refractivity contribution in [2.75, 3.05) is 6.26 Å².